The van der Waals surface area contributed by atoms with Gasteiger partial charge in [0.1, 0.15) is 11.6 Å². The minimum absolute atomic E-state index is 0.0263. The maximum absolute atomic E-state index is 12.2. The largest absolute Gasteiger partial charge is 0.478 e. The predicted molar refractivity (Wildman–Crippen MR) is 91.4 cm³/mol. The van der Waals surface area contributed by atoms with Gasteiger partial charge in [0, 0.05) is 5.69 Å². The lowest BCUT2D eigenvalue weighted by Crippen LogP contribution is -2.13. The van der Waals surface area contributed by atoms with E-state index in [4.69, 9.17) is 5.11 Å². The second kappa shape index (κ2) is 7.75. The number of aryl methyl sites for hydroxylation is 1. The average molecular weight is 320 g/mol. The summed E-state index contributed by atoms with van der Waals surface area (Å²) in [6.07, 6.45) is 2.43. The van der Waals surface area contributed by atoms with E-state index in [1.165, 1.54) is 35.9 Å². The van der Waals surface area contributed by atoms with Crippen molar-refractivity contribution in [3.05, 3.63) is 70.8 Å². The molecule has 120 valence electrons. The molecule has 0 aliphatic rings. The molecule has 0 aliphatic heterocycles. The van der Waals surface area contributed by atoms with Gasteiger partial charge in [-0.05, 0) is 47.9 Å². The van der Waals surface area contributed by atoms with Crippen molar-refractivity contribution < 1.29 is 14.7 Å². The van der Waals surface area contributed by atoms with Crippen molar-refractivity contribution in [3.8, 4) is 6.07 Å². The lowest BCUT2D eigenvalue weighted by atomic mass is 10.1. The number of rotatable bonds is 5. The minimum Gasteiger partial charge on any atom is -0.478 e. The van der Waals surface area contributed by atoms with Crippen LogP contribution in [0.15, 0.2) is 54.1 Å². The summed E-state index contributed by atoms with van der Waals surface area (Å²) in [4.78, 5) is 23.0. The standard InChI is InChI=1S/C19H16N2O3/c1-2-13-3-5-14(6-4-13)11-16(12-20)18(22)21-17-9-7-15(8-10-17)19(23)24/h3-11H,2H2,1H3,(H,21,22)(H,23,24)/b16-11+. The van der Waals surface area contributed by atoms with Crippen molar-refractivity contribution in [1.29, 1.82) is 5.26 Å². The first kappa shape index (κ1) is 17.0. The van der Waals surface area contributed by atoms with Gasteiger partial charge in [0.25, 0.3) is 5.91 Å². The molecule has 0 saturated carbocycles. The Morgan fingerprint density at radius 3 is 2.25 bits per heavy atom. The highest BCUT2D eigenvalue weighted by Crippen LogP contribution is 2.13. The molecule has 0 spiro atoms. The third-order valence-electron chi connectivity index (χ3n) is 3.45. The van der Waals surface area contributed by atoms with Crippen LogP contribution in [0.1, 0.15) is 28.4 Å². The summed E-state index contributed by atoms with van der Waals surface area (Å²) in [6.45, 7) is 2.05. The van der Waals surface area contributed by atoms with Gasteiger partial charge in [0.2, 0.25) is 0 Å². The monoisotopic (exact) mass is 320 g/mol. The Bertz CT molecular complexity index is 813. The summed E-state index contributed by atoms with van der Waals surface area (Å²) in [7, 11) is 0. The van der Waals surface area contributed by atoms with Crippen LogP contribution < -0.4 is 5.32 Å². The Balaban J connectivity index is 2.14. The number of aromatic carboxylic acids is 1. The van der Waals surface area contributed by atoms with Gasteiger partial charge in [-0.25, -0.2) is 4.79 Å². The number of anilines is 1. The van der Waals surface area contributed by atoms with E-state index in [2.05, 4.69) is 12.2 Å². The highest BCUT2D eigenvalue weighted by atomic mass is 16.4. The summed E-state index contributed by atoms with van der Waals surface area (Å²) in [6, 6.07) is 15.2. The van der Waals surface area contributed by atoms with Crippen LogP contribution in [0, 0.1) is 11.3 Å². The molecule has 0 unspecified atom stereocenters. The third kappa shape index (κ3) is 4.31. The summed E-state index contributed by atoms with van der Waals surface area (Å²) in [5, 5.41) is 20.6. The van der Waals surface area contributed by atoms with Crippen molar-refractivity contribution in [2.75, 3.05) is 5.32 Å². The Morgan fingerprint density at radius 1 is 1.12 bits per heavy atom. The number of hydrogen-bond donors (Lipinski definition) is 2. The number of amides is 1. The Hall–Kier alpha value is -3.39. The fraction of sp³-hybridized carbons (Fsp3) is 0.105. The van der Waals surface area contributed by atoms with E-state index in [1.807, 2.05) is 30.3 Å². The molecule has 24 heavy (non-hydrogen) atoms. The molecule has 0 aliphatic carbocycles. The number of hydrogen-bond acceptors (Lipinski definition) is 3. The molecule has 2 rings (SSSR count). The van der Waals surface area contributed by atoms with Gasteiger partial charge >= 0.3 is 5.97 Å². The Morgan fingerprint density at radius 2 is 1.75 bits per heavy atom. The van der Waals surface area contributed by atoms with Gasteiger partial charge in [-0.2, -0.15) is 5.26 Å². The summed E-state index contributed by atoms with van der Waals surface area (Å²) < 4.78 is 0. The van der Waals surface area contributed by atoms with Crippen molar-refractivity contribution in [2.24, 2.45) is 0 Å². The molecule has 2 aromatic carbocycles. The highest BCUT2D eigenvalue weighted by molar-refractivity contribution is 6.09. The van der Waals surface area contributed by atoms with E-state index in [0.29, 0.717) is 5.69 Å². The third-order valence-corrected chi connectivity index (χ3v) is 3.45. The van der Waals surface area contributed by atoms with E-state index in [0.717, 1.165) is 12.0 Å². The lowest BCUT2D eigenvalue weighted by Gasteiger charge is -2.05. The van der Waals surface area contributed by atoms with E-state index in [1.54, 1.807) is 0 Å². The summed E-state index contributed by atoms with van der Waals surface area (Å²) >= 11 is 0. The maximum atomic E-state index is 12.2. The first-order valence-electron chi connectivity index (χ1n) is 7.39. The van der Waals surface area contributed by atoms with Crippen LogP contribution in [0.3, 0.4) is 0 Å². The molecular formula is C19H16N2O3. The lowest BCUT2D eigenvalue weighted by molar-refractivity contribution is -0.112. The second-order valence-corrected chi connectivity index (χ2v) is 5.10. The van der Waals surface area contributed by atoms with Crippen LogP contribution in [0.25, 0.3) is 6.08 Å². The summed E-state index contributed by atoms with van der Waals surface area (Å²) in [5.41, 5.74) is 2.46. The van der Waals surface area contributed by atoms with Gasteiger partial charge in [-0.1, -0.05) is 31.2 Å². The fourth-order valence-electron chi connectivity index (χ4n) is 2.06. The number of carboxylic acids is 1. The van der Waals surface area contributed by atoms with Gasteiger partial charge < -0.3 is 10.4 Å². The number of carbonyl (C=O) groups is 2. The first-order valence-corrected chi connectivity index (χ1v) is 7.39. The van der Waals surface area contributed by atoms with E-state index >= 15 is 0 Å². The predicted octanol–water partition coefficient (Wildman–Crippen LogP) is 3.49. The van der Waals surface area contributed by atoms with Crippen molar-refractivity contribution >= 4 is 23.6 Å². The van der Waals surface area contributed by atoms with Gasteiger partial charge in [-0.3, -0.25) is 4.79 Å². The zero-order valence-corrected chi connectivity index (χ0v) is 13.1. The number of nitriles is 1. The Labute approximate surface area is 139 Å². The highest BCUT2D eigenvalue weighted by Gasteiger charge is 2.10. The molecule has 5 nitrogen and oxygen atoms in total. The number of carbonyl (C=O) groups excluding carboxylic acids is 1. The molecular weight excluding hydrogens is 304 g/mol. The molecule has 0 atom stereocenters. The Kier molecular flexibility index (Phi) is 5.48. The molecule has 0 bridgehead atoms. The van der Waals surface area contributed by atoms with Crippen molar-refractivity contribution in [3.63, 3.8) is 0 Å². The van der Waals surface area contributed by atoms with Gasteiger partial charge in [0.05, 0.1) is 5.56 Å². The second-order valence-electron chi connectivity index (χ2n) is 5.10. The molecule has 2 aromatic rings. The topological polar surface area (TPSA) is 90.2 Å². The van der Waals surface area contributed by atoms with E-state index in [9.17, 15) is 14.9 Å². The quantitative estimate of drug-likeness (QED) is 0.652. The van der Waals surface area contributed by atoms with Crippen LogP contribution in [0.5, 0.6) is 0 Å². The van der Waals surface area contributed by atoms with Crippen LogP contribution in [0.4, 0.5) is 5.69 Å². The molecule has 0 aromatic heterocycles. The zero-order chi connectivity index (χ0) is 17.5. The number of benzene rings is 2. The molecule has 0 radical (unpaired) electrons. The molecule has 1 amide bonds. The normalized spacial score (nSPS) is 10.8. The van der Waals surface area contributed by atoms with E-state index in [-0.39, 0.29) is 11.1 Å². The number of carboxylic acid groups (broad SMARTS) is 1. The van der Waals surface area contributed by atoms with Crippen LogP contribution in [0.2, 0.25) is 0 Å². The van der Waals surface area contributed by atoms with Crippen molar-refractivity contribution in [2.45, 2.75) is 13.3 Å². The number of nitrogens with zero attached hydrogens (tertiary/aromatic N) is 1. The van der Waals surface area contributed by atoms with Crippen molar-refractivity contribution in [1.82, 2.24) is 0 Å². The molecule has 0 fully saturated rings. The SMILES string of the molecule is CCc1ccc(/C=C(\C#N)C(=O)Nc2ccc(C(=O)O)cc2)cc1. The van der Waals surface area contributed by atoms with Crippen LogP contribution in [-0.2, 0) is 11.2 Å². The molecule has 0 heterocycles. The van der Waals surface area contributed by atoms with Gasteiger partial charge in [0.15, 0.2) is 0 Å². The summed E-state index contributed by atoms with van der Waals surface area (Å²) in [5.74, 6) is -1.58. The minimum atomic E-state index is -1.04. The zero-order valence-electron chi connectivity index (χ0n) is 13.1. The fourth-order valence-corrected chi connectivity index (χ4v) is 2.06. The molecule has 0 saturated heterocycles. The molecule has 2 N–H and O–H groups in total. The number of nitrogens with one attached hydrogen (secondary N) is 1. The van der Waals surface area contributed by atoms with Crippen LogP contribution >= 0.6 is 0 Å². The van der Waals surface area contributed by atoms with Crippen LogP contribution in [-0.4, -0.2) is 17.0 Å². The first-order chi connectivity index (χ1) is 11.5. The van der Waals surface area contributed by atoms with E-state index < -0.39 is 11.9 Å². The smallest absolute Gasteiger partial charge is 0.335 e. The average Bonchev–Trinajstić information content (AvgIpc) is 2.60. The maximum Gasteiger partial charge on any atom is 0.335 e. The molecule has 5 heteroatoms. The van der Waals surface area contributed by atoms with Gasteiger partial charge in [-0.15, -0.1) is 0 Å².